The number of carbonyl (C=O) groups excluding carboxylic acids is 1. The molecule has 2 heteroatoms. The van der Waals surface area contributed by atoms with E-state index in [0.717, 1.165) is 6.29 Å². The normalized spacial score (nSPS) is 12.5. The molecule has 0 heterocycles. The fourth-order valence-corrected chi connectivity index (χ4v) is 1.26. The van der Waals surface area contributed by atoms with Gasteiger partial charge in [0.2, 0.25) is 0 Å². The molecule has 0 aliphatic heterocycles. The highest BCUT2D eigenvalue weighted by atomic mass is 19.1. The fraction of sp³-hybridized carbons (Fsp3) is 0.364. The van der Waals surface area contributed by atoms with Gasteiger partial charge in [-0.1, -0.05) is 25.1 Å². The Morgan fingerprint density at radius 2 is 2.23 bits per heavy atom. The molecule has 1 atom stereocenters. The molecule has 0 amide bonds. The summed E-state index contributed by atoms with van der Waals surface area (Å²) in [5.41, 5.74) is 1.26. The van der Waals surface area contributed by atoms with Crippen LogP contribution in [0.3, 0.4) is 0 Å². The summed E-state index contributed by atoms with van der Waals surface area (Å²) in [5, 5.41) is 0. The lowest BCUT2D eigenvalue weighted by Gasteiger charge is -2.06. The minimum Gasteiger partial charge on any atom is -0.303 e. The number of carbonyl (C=O) groups is 1. The molecule has 0 saturated heterocycles. The van der Waals surface area contributed by atoms with Gasteiger partial charge >= 0.3 is 0 Å². The van der Waals surface area contributed by atoms with Gasteiger partial charge in [-0.2, -0.15) is 0 Å². The Morgan fingerprint density at radius 1 is 1.54 bits per heavy atom. The average Bonchev–Trinajstić information content (AvgIpc) is 2.13. The minimum atomic E-state index is -0.184. The number of rotatable bonds is 3. The van der Waals surface area contributed by atoms with Crippen molar-refractivity contribution in [2.75, 3.05) is 0 Å². The lowest BCUT2D eigenvalue weighted by Crippen LogP contribution is -2.03. The second-order valence-electron chi connectivity index (χ2n) is 3.37. The fourth-order valence-electron chi connectivity index (χ4n) is 1.26. The summed E-state index contributed by atoms with van der Waals surface area (Å²) in [4.78, 5) is 10.4. The Balaban J connectivity index is 2.88. The van der Waals surface area contributed by atoms with Crippen molar-refractivity contribution in [1.29, 1.82) is 0 Å². The average molecular weight is 180 g/mol. The van der Waals surface area contributed by atoms with Gasteiger partial charge in [-0.05, 0) is 24.5 Å². The van der Waals surface area contributed by atoms with Gasteiger partial charge in [0.25, 0.3) is 0 Å². The van der Waals surface area contributed by atoms with Crippen LogP contribution in [0.15, 0.2) is 18.2 Å². The van der Waals surface area contributed by atoms with Gasteiger partial charge < -0.3 is 4.79 Å². The van der Waals surface area contributed by atoms with Gasteiger partial charge in [0.1, 0.15) is 12.1 Å². The molecule has 0 aliphatic carbocycles. The summed E-state index contributed by atoms with van der Waals surface area (Å²) in [6.07, 6.45) is 1.33. The molecule has 0 aliphatic rings. The molecule has 0 fully saturated rings. The van der Waals surface area contributed by atoms with Gasteiger partial charge in [-0.25, -0.2) is 4.39 Å². The van der Waals surface area contributed by atoms with Crippen LogP contribution in [-0.4, -0.2) is 6.29 Å². The van der Waals surface area contributed by atoms with Gasteiger partial charge in [-0.3, -0.25) is 0 Å². The van der Waals surface area contributed by atoms with Crippen LogP contribution in [0.4, 0.5) is 4.39 Å². The molecule has 0 radical (unpaired) electrons. The predicted octanol–water partition coefficient (Wildman–Crippen LogP) is 2.51. The first-order valence-electron chi connectivity index (χ1n) is 4.34. The first-order valence-corrected chi connectivity index (χ1v) is 4.34. The molecular formula is C11H13FO. The lowest BCUT2D eigenvalue weighted by molar-refractivity contribution is -0.110. The van der Waals surface area contributed by atoms with E-state index in [1.807, 2.05) is 6.07 Å². The Kier molecular flexibility index (Phi) is 3.18. The van der Waals surface area contributed by atoms with Crippen molar-refractivity contribution < 1.29 is 9.18 Å². The molecular weight excluding hydrogens is 167 g/mol. The molecule has 1 rings (SSSR count). The summed E-state index contributed by atoms with van der Waals surface area (Å²) in [6.45, 7) is 3.51. The van der Waals surface area contributed by atoms with Gasteiger partial charge in [0, 0.05) is 5.92 Å². The van der Waals surface area contributed by atoms with Crippen LogP contribution in [0.5, 0.6) is 0 Å². The topological polar surface area (TPSA) is 17.1 Å². The second-order valence-corrected chi connectivity index (χ2v) is 3.37. The summed E-state index contributed by atoms with van der Waals surface area (Å²) in [6, 6.07) is 5.26. The Hall–Kier alpha value is -1.18. The molecule has 0 spiro atoms. The van der Waals surface area contributed by atoms with E-state index in [1.54, 1.807) is 26.0 Å². The van der Waals surface area contributed by atoms with Crippen molar-refractivity contribution >= 4 is 6.29 Å². The first-order chi connectivity index (χ1) is 6.15. The summed E-state index contributed by atoms with van der Waals surface area (Å²) in [5.74, 6) is -0.299. The van der Waals surface area contributed by atoms with Crippen molar-refractivity contribution in [2.45, 2.75) is 20.3 Å². The summed E-state index contributed by atoms with van der Waals surface area (Å²) < 4.78 is 13.4. The van der Waals surface area contributed by atoms with E-state index in [9.17, 15) is 9.18 Å². The van der Waals surface area contributed by atoms with E-state index in [0.29, 0.717) is 17.5 Å². The molecule has 1 nitrogen and oxygen atoms in total. The highest BCUT2D eigenvalue weighted by Crippen LogP contribution is 2.14. The summed E-state index contributed by atoms with van der Waals surface area (Å²) in [7, 11) is 0. The van der Waals surface area contributed by atoms with Crippen molar-refractivity contribution in [3.05, 3.63) is 35.1 Å². The number of hydrogen-bond acceptors (Lipinski definition) is 1. The first kappa shape index (κ1) is 9.90. The van der Waals surface area contributed by atoms with E-state index in [1.165, 1.54) is 0 Å². The monoisotopic (exact) mass is 180 g/mol. The highest BCUT2D eigenvalue weighted by molar-refractivity contribution is 5.53. The van der Waals surface area contributed by atoms with Crippen LogP contribution < -0.4 is 0 Å². The van der Waals surface area contributed by atoms with E-state index < -0.39 is 0 Å². The minimum absolute atomic E-state index is 0.115. The van der Waals surface area contributed by atoms with Crippen LogP contribution in [0.2, 0.25) is 0 Å². The molecule has 1 aromatic rings. The molecule has 0 N–H and O–H groups in total. The highest BCUT2D eigenvalue weighted by Gasteiger charge is 2.07. The third-order valence-electron chi connectivity index (χ3n) is 2.05. The van der Waals surface area contributed by atoms with Crippen LogP contribution >= 0.6 is 0 Å². The smallest absolute Gasteiger partial charge is 0.129 e. The van der Waals surface area contributed by atoms with Crippen molar-refractivity contribution in [2.24, 2.45) is 5.92 Å². The SMILES string of the molecule is Cc1cccc(CC(C)C=O)c1F. The zero-order chi connectivity index (χ0) is 9.84. The zero-order valence-electron chi connectivity index (χ0n) is 7.88. The largest absolute Gasteiger partial charge is 0.303 e. The zero-order valence-corrected chi connectivity index (χ0v) is 7.88. The van der Waals surface area contributed by atoms with Crippen molar-refractivity contribution in [1.82, 2.24) is 0 Å². The molecule has 1 unspecified atom stereocenters. The molecule has 1 aromatic carbocycles. The number of aldehydes is 1. The summed E-state index contributed by atoms with van der Waals surface area (Å²) >= 11 is 0. The third kappa shape index (κ3) is 2.38. The Labute approximate surface area is 77.6 Å². The van der Waals surface area contributed by atoms with Gasteiger partial charge in [0.15, 0.2) is 0 Å². The predicted molar refractivity (Wildman–Crippen MR) is 50.1 cm³/mol. The second kappa shape index (κ2) is 4.17. The van der Waals surface area contributed by atoms with Crippen LogP contribution in [-0.2, 0) is 11.2 Å². The van der Waals surface area contributed by atoms with Gasteiger partial charge in [0.05, 0.1) is 0 Å². The van der Waals surface area contributed by atoms with Gasteiger partial charge in [-0.15, -0.1) is 0 Å². The number of hydrogen-bond donors (Lipinski definition) is 0. The van der Waals surface area contributed by atoms with E-state index in [-0.39, 0.29) is 11.7 Å². The van der Waals surface area contributed by atoms with E-state index >= 15 is 0 Å². The van der Waals surface area contributed by atoms with Crippen LogP contribution in [0, 0.1) is 18.7 Å². The maximum Gasteiger partial charge on any atom is 0.129 e. The van der Waals surface area contributed by atoms with Crippen LogP contribution in [0.25, 0.3) is 0 Å². The maximum atomic E-state index is 13.4. The third-order valence-corrected chi connectivity index (χ3v) is 2.05. The number of aryl methyl sites for hydroxylation is 1. The maximum absolute atomic E-state index is 13.4. The number of benzene rings is 1. The van der Waals surface area contributed by atoms with Crippen molar-refractivity contribution in [3.63, 3.8) is 0 Å². The molecule has 70 valence electrons. The molecule has 0 bridgehead atoms. The van der Waals surface area contributed by atoms with E-state index in [2.05, 4.69) is 0 Å². The lowest BCUT2D eigenvalue weighted by atomic mass is 10.0. The molecule has 0 aromatic heterocycles. The molecule has 0 saturated carbocycles. The Bertz CT molecular complexity index is 307. The van der Waals surface area contributed by atoms with Crippen LogP contribution in [0.1, 0.15) is 18.1 Å². The van der Waals surface area contributed by atoms with E-state index in [4.69, 9.17) is 0 Å². The van der Waals surface area contributed by atoms with Crippen molar-refractivity contribution in [3.8, 4) is 0 Å². The standard InChI is InChI=1S/C11H13FO/c1-8(7-13)6-10-5-3-4-9(2)11(10)12/h3-5,7-8H,6H2,1-2H3. The quantitative estimate of drug-likeness (QED) is 0.653. The Morgan fingerprint density at radius 3 is 2.85 bits per heavy atom. The molecule has 13 heavy (non-hydrogen) atoms. The number of halogens is 1.